The molecular formula is C23H30N4O5S. The molecule has 0 spiro atoms. The highest BCUT2D eigenvalue weighted by atomic mass is 32.2. The van der Waals surface area contributed by atoms with Gasteiger partial charge in [0.2, 0.25) is 10.0 Å². The highest BCUT2D eigenvalue weighted by Crippen LogP contribution is 2.39. The van der Waals surface area contributed by atoms with E-state index in [2.05, 4.69) is 15.2 Å². The van der Waals surface area contributed by atoms with Gasteiger partial charge in [0, 0.05) is 24.3 Å². The smallest absolute Gasteiger partial charge is 0.263 e. The number of primary sulfonamides is 1. The van der Waals surface area contributed by atoms with Crippen molar-refractivity contribution in [3.63, 3.8) is 0 Å². The fourth-order valence-corrected chi connectivity index (χ4v) is 5.16. The van der Waals surface area contributed by atoms with Gasteiger partial charge in [-0.2, -0.15) is 0 Å². The number of fused-ring (bicyclic) bond motifs is 2. The summed E-state index contributed by atoms with van der Waals surface area (Å²) in [6.45, 7) is 3.51. The van der Waals surface area contributed by atoms with Gasteiger partial charge < -0.3 is 19.7 Å². The summed E-state index contributed by atoms with van der Waals surface area (Å²) < 4.78 is 34.1. The molecule has 0 saturated carbocycles. The van der Waals surface area contributed by atoms with Gasteiger partial charge in [0.1, 0.15) is 22.2 Å². The van der Waals surface area contributed by atoms with Crippen molar-refractivity contribution < 1.29 is 22.7 Å². The van der Waals surface area contributed by atoms with Gasteiger partial charge in [0.05, 0.1) is 7.11 Å². The van der Waals surface area contributed by atoms with Gasteiger partial charge >= 0.3 is 0 Å². The molecule has 2 fully saturated rings. The summed E-state index contributed by atoms with van der Waals surface area (Å²) in [6.07, 6.45) is 4.89. The minimum atomic E-state index is -3.77. The molecule has 178 valence electrons. The molecule has 1 amide bonds. The molecule has 3 atom stereocenters. The van der Waals surface area contributed by atoms with Crippen molar-refractivity contribution in [2.75, 3.05) is 12.0 Å². The molecule has 1 aromatic heterocycles. The van der Waals surface area contributed by atoms with Crippen LogP contribution in [-0.4, -0.2) is 50.1 Å². The minimum absolute atomic E-state index is 0.000150. The minimum Gasteiger partial charge on any atom is -0.497 e. The lowest BCUT2D eigenvalue weighted by molar-refractivity contribution is -0.135. The predicted octanol–water partition coefficient (Wildman–Crippen LogP) is 2.21. The second-order valence-electron chi connectivity index (χ2n) is 9.12. The number of nitrogens with two attached hydrogens (primary N) is 1. The van der Waals surface area contributed by atoms with Gasteiger partial charge in [0.15, 0.2) is 5.60 Å². The normalized spacial score (nSPS) is 22.7. The number of sulfonamides is 1. The highest BCUT2D eigenvalue weighted by Gasteiger charge is 2.43. The molecule has 2 aromatic rings. The number of hydrogen-bond acceptors (Lipinski definition) is 7. The third-order valence-electron chi connectivity index (χ3n) is 6.36. The molecule has 33 heavy (non-hydrogen) atoms. The van der Waals surface area contributed by atoms with Crippen LogP contribution in [0.15, 0.2) is 47.5 Å². The van der Waals surface area contributed by atoms with E-state index in [4.69, 9.17) is 14.6 Å². The summed E-state index contributed by atoms with van der Waals surface area (Å²) in [5.41, 5.74) is -1.03. The summed E-state index contributed by atoms with van der Waals surface area (Å²) in [4.78, 5) is 19.6. The number of ether oxygens (including phenoxy) is 2. The number of anilines is 1. The Morgan fingerprint density at radius 2 is 1.70 bits per heavy atom. The van der Waals surface area contributed by atoms with Crippen LogP contribution in [0.2, 0.25) is 0 Å². The summed E-state index contributed by atoms with van der Waals surface area (Å²) in [6, 6.07) is 10.8. The quantitative estimate of drug-likeness (QED) is 0.630. The van der Waals surface area contributed by atoms with E-state index in [-0.39, 0.29) is 28.9 Å². The highest BCUT2D eigenvalue weighted by molar-refractivity contribution is 7.89. The zero-order valence-corrected chi connectivity index (χ0v) is 19.8. The average Bonchev–Trinajstić information content (AvgIpc) is 3.03. The van der Waals surface area contributed by atoms with E-state index >= 15 is 0 Å². The second-order valence-corrected chi connectivity index (χ2v) is 10.7. The van der Waals surface area contributed by atoms with Crippen molar-refractivity contribution in [3.8, 4) is 11.5 Å². The summed E-state index contributed by atoms with van der Waals surface area (Å²) in [5.74, 6) is 1.90. The summed E-state index contributed by atoms with van der Waals surface area (Å²) >= 11 is 0. The Kier molecular flexibility index (Phi) is 6.24. The van der Waals surface area contributed by atoms with Crippen LogP contribution in [0.25, 0.3) is 0 Å². The Hall–Kier alpha value is -2.85. The predicted molar refractivity (Wildman–Crippen MR) is 124 cm³/mol. The van der Waals surface area contributed by atoms with E-state index in [1.54, 1.807) is 51.3 Å². The fourth-order valence-electron chi connectivity index (χ4n) is 4.71. The number of pyridine rings is 1. The van der Waals surface area contributed by atoms with E-state index in [0.717, 1.165) is 37.3 Å². The third kappa shape index (κ3) is 5.06. The molecule has 0 unspecified atom stereocenters. The first kappa shape index (κ1) is 23.3. The topological polar surface area (TPSA) is 124 Å². The number of benzene rings is 1. The van der Waals surface area contributed by atoms with Crippen LogP contribution in [0.1, 0.15) is 39.5 Å². The van der Waals surface area contributed by atoms with Crippen molar-refractivity contribution in [2.24, 2.45) is 5.14 Å². The Bertz CT molecular complexity index is 1090. The number of nitrogens with one attached hydrogen (secondary N) is 1. The standard InChI is InChI=1S/C23H30N4O5S/c1-23(2,32-19-8-6-18(31-3)7-9-19)22(28)26-15-12-16-4-5-17(13-15)27(16)21-11-10-20(14-25-21)33(24,29)30/h6-11,14-17H,4-5,12-13H2,1-3H3,(H,26,28)(H2,24,29,30)/t15-,16+,17-. The number of amides is 1. The molecule has 2 aliphatic rings. The maximum absolute atomic E-state index is 13.0. The number of carbonyl (C=O) groups excluding carboxylic acids is 1. The SMILES string of the molecule is COc1ccc(OC(C)(C)C(=O)N[C@H]2C[C@H]3CC[C@@H](C2)N3c2ccc(S(N)(=O)=O)cn2)cc1. The molecule has 2 saturated heterocycles. The number of piperidine rings is 1. The summed E-state index contributed by atoms with van der Waals surface area (Å²) in [7, 11) is -2.17. The number of rotatable bonds is 7. The maximum atomic E-state index is 13.0. The Morgan fingerprint density at radius 1 is 1.09 bits per heavy atom. The van der Waals surface area contributed by atoms with Gasteiger partial charge in [-0.15, -0.1) is 0 Å². The zero-order chi connectivity index (χ0) is 23.8. The molecule has 10 heteroatoms. The van der Waals surface area contributed by atoms with Crippen molar-refractivity contribution >= 4 is 21.7 Å². The number of aromatic nitrogens is 1. The molecular weight excluding hydrogens is 444 g/mol. The Morgan fingerprint density at radius 3 is 2.21 bits per heavy atom. The molecule has 4 rings (SSSR count). The van der Waals surface area contributed by atoms with E-state index in [1.165, 1.54) is 12.3 Å². The van der Waals surface area contributed by atoms with Crippen LogP contribution in [0.5, 0.6) is 11.5 Å². The van der Waals surface area contributed by atoms with Gasteiger partial charge in [-0.1, -0.05) is 0 Å². The Balaban J connectivity index is 1.38. The van der Waals surface area contributed by atoms with E-state index in [1.807, 2.05) is 0 Å². The van der Waals surface area contributed by atoms with Crippen LogP contribution >= 0.6 is 0 Å². The second kappa shape index (κ2) is 8.83. The largest absolute Gasteiger partial charge is 0.497 e. The first-order chi connectivity index (χ1) is 15.6. The lowest BCUT2D eigenvalue weighted by atomic mass is 9.96. The van der Waals surface area contributed by atoms with Crippen LogP contribution < -0.4 is 24.8 Å². The van der Waals surface area contributed by atoms with Crippen molar-refractivity contribution in [3.05, 3.63) is 42.6 Å². The lowest BCUT2D eigenvalue weighted by Crippen LogP contribution is -2.55. The zero-order valence-electron chi connectivity index (χ0n) is 19.0. The van der Waals surface area contributed by atoms with Crippen molar-refractivity contribution in [1.29, 1.82) is 0 Å². The first-order valence-corrected chi connectivity index (χ1v) is 12.5. The monoisotopic (exact) mass is 474 g/mol. The molecule has 0 radical (unpaired) electrons. The van der Waals surface area contributed by atoms with E-state index in [0.29, 0.717) is 5.75 Å². The number of hydrogen-bond donors (Lipinski definition) is 2. The van der Waals surface area contributed by atoms with Gasteiger partial charge in [0.25, 0.3) is 5.91 Å². The maximum Gasteiger partial charge on any atom is 0.263 e. The molecule has 2 bridgehead atoms. The number of carbonyl (C=O) groups is 1. The van der Waals surface area contributed by atoms with Crippen molar-refractivity contribution in [1.82, 2.24) is 10.3 Å². The molecule has 3 N–H and O–H groups in total. The van der Waals surface area contributed by atoms with Gasteiger partial charge in [-0.3, -0.25) is 4.79 Å². The fraction of sp³-hybridized carbons (Fsp3) is 0.478. The lowest BCUT2D eigenvalue weighted by Gasteiger charge is -2.40. The third-order valence-corrected chi connectivity index (χ3v) is 7.26. The van der Waals surface area contributed by atoms with E-state index < -0.39 is 15.6 Å². The number of methoxy groups -OCH3 is 1. The van der Waals surface area contributed by atoms with Crippen LogP contribution in [-0.2, 0) is 14.8 Å². The van der Waals surface area contributed by atoms with Gasteiger partial charge in [-0.05, 0) is 75.9 Å². The van der Waals surface area contributed by atoms with Crippen LogP contribution in [0.4, 0.5) is 5.82 Å². The Labute approximate surface area is 194 Å². The summed E-state index contributed by atoms with van der Waals surface area (Å²) in [5, 5.41) is 8.35. The molecule has 0 aliphatic carbocycles. The molecule has 3 heterocycles. The number of nitrogens with zero attached hydrogens (tertiary/aromatic N) is 2. The average molecular weight is 475 g/mol. The molecule has 2 aliphatic heterocycles. The molecule has 1 aromatic carbocycles. The van der Waals surface area contributed by atoms with Gasteiger partial charge in [-0.25, -0.2) is 18.5 Å². The van der Waals surface area contributed by atoms with Crippen LogP contribution in [0, 0.1) is 0 Å². The van der Waals surface area contributed by atoms with Crippen molar-refractivity contribution in [2.45, 2.75) is 68.2 Å². The van der Waals surface area contributed by atoms with Crippen LogP contribution in [0.3, 0.4) is 0 Å². The first-order valence-electron chi connectivity index (χ1n) is 11.0. The van der Waals surface area contributed by atoms with E-state index in [9.17, 15) is 13.2 Å². The molecule has 9 nitrogen and oxygen atoms in total.